The van der Waals surface area contributed by atoms with Gasteiger partial charge in [0.2, 0.25) is 5.88 Å². The molecule has 1 N–H and O–H groups in total. The third kappa shape index (κ3) is 3.03. The van der Waals surface area contributed by atoms with Crippen LogP contribution in [0.4, 0.5) is 5.69 Å². The fraction of sp³-hybridized carbons (Fsp3) is 0.222. The van der Waals surface area contributed by atoms with Crippen molar-refractivity contribution in [2.45, 2.75) is 26.3 Å². The van der Waals surface area contributed by atoms with Crippen molar-refractivity contribution >= 4 is 22.5 Å². The van der Waals surface area contributed by atoms with Gasteiger partial charge >= 0.3 is 0 Å². The van der Waals surface area contributed by atoms with Gasteiger partial charge in [-0.2, -0.15) is 0 Å². The van der Waals surface area contributed by atoms with Crippen molar-refractivity contribution in [3.8, 4) is 5.88 Å². The predicted molar refractivity (Wildman–Crippen MR) is 91.6 cm³/mol. The standard InChI is InChI=1S/C18H18N4O2/c1-2-3-12-22-15-7-5-4-6-14(15)16(18(22)24)20-21-17(23)13-8-10-19-11-9-13/h4-11,24H,2-3,12H2,1H3. The number of amides is 1. The summed E-state index contributed by atoms with van der Waals surface area (Å²) in [5, 5.41) is 19.1. The van der Waals surface area contributed by atoms with E-state index in [2.05, 4.69) is 22.1 Å². The smallest absolute Gasteiger partial charge is 0.295 e. The Bertz CT molecular complexity index is 885. The molecule has 0 atom stereocenters. The van der Waals surface area contributed by atoms with Gasteiger partial charge in [-0.25, -0.2) is 0 Å². The predicted octanol–water partition coefficient (Wildman–Crippen LogP) is 4.47. The van der Waals surface area contributed by atoms with E-state index >= 15 is 0 Å². The minimum atomic E-state index is -0.470. The average Bonchev–Trinajstić information content (AvgIpc) is 2.90. The summed E-state index contributed by atoms with van der Waals surface area (Å²) in [6.07, 6.45) is 5.01. The lowest BCUT2D eigenvalue weighted by atomic mass is 10.2. The molecule has 2 heterocycles. The topological polar surface area (TPSA) is 79.8 Å². The van der Waals surface area contributed by atoms with Crippen molar-refractivity contribution in [2.24, 2.45) is 10.2 Å². The lowest BCUT2D eigenvalue weighted by Gasteiger charge is -2.05. The Morgan fingerprint density at radius 2 is 1.96 bits per heavy atom. The molecule has 0 fully saturated rings. The Hall–Kier alpha value is -3.02. The average molecular weight is 322 g/mol. The monoisotopic (exact) mass is 322 g/mol. The molecule has 0 saturated carbocycles. The van der Waals surface area contributed by atoms with E-state index in [0.29, 0.717) is 17.8 Å². The summed E-state index contributed by atoms with van der Waals surface area (Å²) in [4.78, 5) is 15.9. The number of para-hydroxylation sites is 1. The lowest BCUT2D eigenvalue weighted by Crippen LogP contribution is -1.96. The number of nitrogens with zero attached hydrogens (tertiary/aromatic N) is 4. The maximum Gasteiger partial charge on any atom is 0.295 e. The first-order chi connectivity index (χ1) is 11.7. The van der Waals surface area contributed by atoms with Crippen LogP contribution in [-0.2, 0) is 6.54 Å². The Morgan fingerprint density at radius 1 is 1.21 bits per heavy atom. The van der Waals surface area contributed by atoms with E-state index in [1.807, 2.05) is 28.8 Å². The molecule has 24 heavy (non-hydrogen) atoms. The minimum Gasteiger partial charge on any atom is -0.493 e. The van der Waals surface area contributed by atoms with E-state index in [1.54, 1.807) is 12.1 Å². The number of carbonyl (C=O) groups excluding carboxylic acids is 1. The number of unbranched alkanes of at least 4 members (excludes halogenated alkanes) is 1. The maximum atomic E-state index is 12.1. The van der Waals surface area contributed by atoms with E-state index in [4.69, 9.17) is 0 Å². The summed E-state index contributed by atoms with van der Waals surface area (Å²) in [5.41, 5.74) is 1.61. The first kappa shape index (κ1) is 15.9. The van der Waals surface area contributed by atoms with Gasteiger partial charge in [-0.05, 0) is 24.6 Å². The van der Waals surface area contributed by atoms with Crippen LogP contribution in [0.2, 0.25) is 0 Å². The van der Waals surface area contributed by atoms with Crippen LogP contribution in [0.1, 0.15) is 30.1 Å². The van der Waals surface area contributed by atoms with Crippen LogP contribution in [0.3, 0.4) is 0 Å². The van der Waals surface area contributed by atoms with Crippen LogP contribution in [0.15, 0.2) is 59.0 Å². The zero-order chi connectivity index (χ0) is 16.9. The van der Waals surface area contributed by atoms with Gasteiger partial charge in [-0.15, -0.1) is 10.2 Å². The summed E-state index contributed by atoms with van der Waals surface area (Å²) in [6, 6.07) is 10.7. The molecule has 0 radical (unpaired) electrons. The molecule has 6 heteroatoms. The molecule has 1 amide bonds. The van der Waals surface area contributed by atoms with Crippen LogP contribution < -0.4 is 0 Å². The third-order valence-corrected chi connectivity index (χ3v) is 3.82. The zero-order valence-electron chi connectivity index (χ0n) is 13.4. The quantitative estimate of drug-likeness (QED) is 0.704. The summed E-state index contributed by atoms with van der Waals surface area (Å²) in [7, 11) is 0. The summed E-state index contributed by atoms with van der Waals surface area (Å²) >= 11 is 0. The van der Waals surface area contributed by atoms with Gasteiger partial charge in [-0.3, -0.25) is 9.78 Å². The molecule has 0 unspecified atom stereocenters. The molecular formula is C18H18N4O2. The molecule has 3 aromatic rings. The largest absolute Gasteiger partial charge is 0.493 e. The Kier molecular flexibility index (Phi) is 4.65. The number of aromatic hydroxyl groups is 1. The number of hydrogen-bond acceptors (Lipinski definition) is 4. The first-order valence-electron chi connectivity index (χ1n) is 7.88. The minimum absolute atomic E-state index is 0.0379. The highest BCUT2D eigenvalue weighted by Gasteiger charge is 2.16. The number of aryl methyl sites for hydroxylation is 1. The molecule has 122 valence electrons. The van der Waals surface area contributed by atoms with Gasteiger partial charge < -0.3 is 9.67 Å². The third-order valence-electron chi connectivity index (χ3n) is 3.82. The van der Waals surface area contributed by atoms with Gasteiger partial charge in [0, 0.05) is 29.9 Å². The van der Waals surface area contributed by atoms with E-state index < -0.39 is 5.91 Å². The van der Waals surface area contributed by atoms with E-state index in [1.165, 1.54) is 12.4 Å². The van der Waals surface area contributed by atoms with Gasteiger partial charge in [0.1, 0.15) is 0 Å². The van der Waals surface area contributed by atoms with Crippen LogP contribution >= 0.6 is 0 Å². The van der Waals surface area contributed by atoms with E-state index in [9.17, 15) is 9.90 Å². The zero-order valence-corrected chi connectivity index (χ0v) is 13.4. The van der Waals surface area contributed by atoms with Crippen molar-refractivity contribution in [3.05, 3.63) is 54.4 Å². The van der Waals surface area contributed by atoms with Gasteiger partial charge in [0.25, 0.3) is 5.91 Å². The summed E-state index contributed by atoms with van der Waals surface area (Å²) in [5.74, 6) is -0.432. The van der Waals surface area contributed by atoms with Crippen LogP contribution in [-0.4, -0.2) is 20.6 Å². The summed E-state index contributed by atoms with van der Waals surface area (Å²) < 4.78 is 1.81. The second-order valence-electron chi connectivity index (χ2n) is 5.44. The molecule has 2 aromatic heterocycles. The number of aromatic nitrogens is 2. The second-order valence-corrected chi connectivity index (χ2v) is 5.44. The molecule has 0 bridgehead atoms. The molecule has 1 aromatic carbocycles. The van der Waals surface area contributed by atoms with Crippen molar-refractivity contribution in [3.63, 3.8) is 0 Å². The van der Waals surface area contributed by atoms with Gasteiger partial charge in [-0.1, -0.05) is 31.5 Å². The van der Waals surface area contributed by atoms with Gasteiger partial charge in [0.05, 0.1) is 5.52 Å². The Labute approximate surface area is 139 Å². The molecule has 6 nitrogen and oxygen atoms in total. The maximum absolute atomic E-state index is 12.1. The van der Waals surface area contributed by atoms with E-state index in [-0.39, 0.29) is 5.88 Å². The second kappa shape index (κ2) is 7.04. The molecule has 3 rings (SSSR count). The number of pyridine rings is 1. The number of rotatable bonds is 5. The normalized spacial score (nSPS) is 11.4. The number of benzene rings is 1. The van der Waals surface area contributed by atoms with Gasteiger partial charge in [0.15, 0.2) is 5.69 Å². The van der Waals surface area contributed by atoms with Crippen molar-refractivity contribution in [1.29, 1.82) is 0 Å². The van der Waals surface area contributed by atoms with Crippen molar-refractivity contribution in [1.82, 2.24) is 9.55 Å². The lowest BCUT2D eigenvalue weighted by molar-refractivity contribution is 0.0995. The van der Waals surface area contributed by atoms with E-state index in [0.717, 1.165) is 23.7 Å². The highest BCUT2D eigenvalue weighted by molar-refractivity contribution is 5.97. The molecule has 0 aliphatic carbocycles. The number of hydrogen-bond donors (Lipinski definition) is 1. The van der Waals surface area contributed by atoms with Crippen molar-refractivity contribution in [2.75, 3.05) is 0 Å². The van der Waals surface area contributed by atoms with Crippen LogP contribution in [0.25, 0.3) is 10.9 Å². The van der Waals surface area contributed by atoms with Crippen LogP contribution in [0, 0.1) is 0 Å². The SMILES string of the molecule is CCCCn1c(O)c(N=NC(=O)c2ccncc2)c2ccccc21. The van der Waals surface area contributed by atoms with Crippen LogP contribution in [0.5, 0.6) is 5.88 Å². The highest BCUT2D eigenvalue weighted by Crippen LogP contribution is 2.39. The molecule has 0 aliphatic heterocycles. The molecule has 0 aliphatic rings. The highest BCUT2D eigenvalue weighted by atomic mass is 16.3. The molecule has 0 saturated heterocycles. The van der Waals surface area contributed by atoms with Crippen molar-refractivity contribution < 1.29 is 9.90 Å². The molecular weight excluding hydrogens is 304 g/mol. The Morgan fingerprint density at radius 3 is 2.71 bits per heavy atom. The first-order valence-corrected chi connectivity index (χ1v) is 7.88. The fourth-order valence-corrected chi connectivity index (χ4v) is 2.56. The fourth-order valence-electron chi connectivity index (χ4n) is 2.56. The Balaban J connectivity index is 1.99. The number of carbonyl (C=O) groups is 1. The summed E-state index contributed by atoms with van der Waals surface area (Å²) in [6.45, 7) is 2.79. The number of fused-ring (bicyclic) bond motifs is 1. The number of azo groups is 1. The molecule has 0 spiro atoms.